The van der Waals surface area contributed by atoms with E-state index in [1.807, 2.05) is 51.4 Å². The first-order valence-electron chi connectivity index (χ1n) is 12.4. The minimum atomic E-state index is -3.81. The highest BCUT2D eigenvalue weighted by atomic mass is 32.2. The Morgan fingerprint density at radius 2 is 1.79 bits per heavy atom. The van der Waals surface area contributed by atoms with Gasteiger partial charge in [-0.15, -0.1) is 0 Å². The maximum atomic E-state index is 13.3. The van der Waals surface area contributed by atoms with E-state index in [0.717, 1.165) is 17.9 Å². The number of para-hydroxylation sites is 1. The zero-order chi connectivity index (χ0) is 27.3. The van der Waals surface area contributed by atoms with Gasteiger partial charge >= 0.3 is 0 Å². The predicted octanol–water partition coefficient (Wildman–Crippen LogP) is 3.62. The zero-order valence-corrected chi connectivity index (χ0v) is 22.9. The van der Waals surface area contributed by atoms with Gasteiger partial charge in [-0.1, -0.05) is 30.3 Å². The van der Waals surface area contributed by atoms with Gasteiger partial charge in [0.1, 0.15) is 17.3 Å². The van der Waals surface area contributed by atoms with Crippen LogP contribution in [0.1, 0.15) is 23.7 Å². The second-order valence-corrected chi connectivity index (χ2v) is 11.1. The molecule has 2 heterocycles. The number of anilines is 1. The number of H-pyrrole nitrogens is 1. The molecule has 0 radical (unpaired) electrons. The molecule has 0 bridgehead atoms. The number of benzene rings is 2. The number of nitrogens with zero attached hydrogens (tertiary/aromatic N) is 4. The second-order valence-electron chi connectivity index (χ2n) is 9.19. The van der Waals surface area contributed by atoms with Gasteiger partial charge in [0.05, 0.1) is 5.69 Å². The van der Waals surface area contributed by atoms with Crippen LogP contribution in [-0.4, -0.2) is 61.9 Å². The van der Waals surface area contributed by atoms with Crippen molar-refractivity contribution in [1.29, 1.82) is 0 Å². The molecule has 0 saturated heterocycles. The quantitative estimate of drug-likeness (QED) is 0.315. The fourth-order valence-corrected chi connectivity index (χ4v) is 5.54. The average Bonchev–Trinajstić information content (AvgIpc) is 3.18. The van der Waals surface area contributed by atoms with Gasteiger partial charge in [0, 0.05) is 37.0 Å². The molecule has 0 spiro atoms. The Morgan fingerprint density at radius 3 is 2.45 bits per heavy atom. The van der Waals surface area contributed by atoms with Crippen molar-refractivity contribution in [2.24, 2.45) is 0 Å². The Morgan fingerprint density at radius 1 is 1.03 bits per heavy atom. The van der Waals surface area contributed by atoms with Gasteiger partial charge in [-0.3, -0.25) is 14.2 Å². The van der Waals surface area contributed by atoms with Crippen LogP contribution in [0.5, 0.6) is 5.75 Å². The van der Waals surface area contributed by atoms with Crippen LogP contribution in [-0.2, 0) is 16.4 Å². The molecule has 38 heavy (non-hydrogen) atoms. The molecule has 0 aliphatic rings. The predicted molar refractivity (Wildman–Crippen MR) is 149 cm³/mol. The molecule has 0 fully saturated rings. The van der Waals surface area contributed by atoms with Crippen molar-refractivity contribution < 1.29 is 13.2 Å². The Labute approximate surface area is 223 Å². The third kappa shape index (κ3) is 5.98. The monoisotopic (exact) mass is 535 g/mol. The average molecular weight is 536 g/mol. The second kappa shape index (κ2) is 11.7. The molecule has 4 aromatic rings. The number of pyridine rings is 1. The highest BCUT2D eigenvalue weighted by molar-refractivity contribution is 7.92. The van der Waals surface area contributed by atoms with E-state index in [-0.39, 0.29) is 17.0 Å². The van der Waals surface area contributed by atoms with E-state index >= 15 is 0 Å². The van der Waals surface area contributed by atoms with Crippen LogP contribution in [0.15, 0.2) is 82.6 Å². The summed E-state index contributed by atoms with van der Waals surface area (Å²) < 4.78 is 35.0. The molecule has 9 nitrogen and oxygen atoms in total. The third-order valence-corrected chi connectivity index (χ3v) is 8.04. The molecule has 0 aliphatic heterocycles. The molecule has 10 heteroatoms. The summed E-state index contributed by atoms with van der Waals surface area (Å²) in [5, 5.41) is 3.07. The van der Waals surface area contributed by atoms with Gasteiger partial charge in [-0.05, 0) is 69.9 Å². The molecule has 0 unspecified atom stereocenters. The summed E-state index contributed by atoms with van der Waals surface area (Å²) in [6, 6.07) is 19.6. The first kappa shape index (κ1) is 27.2. The number of aromatic nitrogens is 3. The molecular weight excluding hydrogens is 502 g/mol. The summed E-state index contributed by atoms with van der Waals surface area (Å²) in [6.45, 7) is 5.27. The zero-order valence-electron chi connectivity index (χ0n) is 22.1. The SMILES string of the molecule is CCN(c1ccccc1)S(=O)(=O)c1ccc(-n2[nH]c(C)c(Cc3cccc(OCCN(C)C)c3)c2=O)nc1. The van der Waals surface area contributed by atoms with Gasteiger partial charge in [-0.2, -0.15) is 0 Å². The first-order chi connectivity index (χ1) is 18.2. The lowest BCUT2D eigenvalue weighted by Crippen LogP contribution is -2.30. The Balaban J connectivity index is 1.55. The van der Waals surface area contributed by atoms with Gasteiger partial charge in [-0.25, -0.2) is 18.1 Å². The highest BCUT2D eigenvalue weighted by Gasteiger charge is 2.24. The Bertz CT molecular complexity index is 1530. The van der Waals surface area contributed by atoms with E-state index < -0.39 is 10.0 Å². The molecule has 2 aromatic carbocycles. The summed E-state index contributed by atoms with van der Waals surface area (Å²) in [6.07, 6.45) is 1.71. The lowest BCUT2D eigenvalue weighted by molar-refractivity contribution is 0.261. The lowest BCUT2D eigenvalue weighted by Gasteiger charge is -2.22. The molecule has 0 saturated carbocycles. The van der Waals surface area contributed by atoms with E-state index in [1.54, 1.807) is 31.2 Å². The van der Waals surface area contributed by atoms with Crippen molar-refractivity contribution in [2.75, 3.05) is 38.1 Å². The summed E-state index contributed by atoms with van der Waals surface area (Å²) in [7, 11) is 0.169. The number of nitrogens with one attached hydrogen (secondary N) is 1. The van der Waals surface area contributed by atoms with Crippen LogP contribution >= 0.6 is 0 Å². The number of rotatable bonds is 11. The fourth-order valence-electron chi connectivity index (χ4n) is 4.12. The van der Waals surface area contributed by atoms with Gasteiger partial charge in [0.25, 0.3) is 15.6 Å². The molecule has 4 rings (SSSR count). The molecule has 0 atom stereocenters. The number of ether oxygens (including phenoxy) is 1. The topological polar surface area (TPSA) is 101 Å². The number of aromatic amines is 1. The maximum absolute atomic E-state index is 13.3. The van der Waals surface area contributed by atoms with Gasteiger partial charge in [0.2, 0.25) is 0 Å². The van der Waals surface area contributed by atoms with Crippen molar-refractivity contribution in [2.45, 2.75) is 25.2 Å². The number of aryl methyl sites for hydroxylation is 1. The van der Waals surface area contributed by atoms with Crippen LogP contribution in [0.3, 0.4) is 0 Å². The van der Waals surface area contributed by atoms with Crippen LogP contribution < -0.4 is 14.6 Å². The molecule has 0 amide bonds. The highest BCUT2D eigenvalue weighted by Crippen LogP contribution is 2.23. The number of hydrogen-bond acceptors (Lipinski definition) is 6. The van der Waals surface area contributed by atoms with E-state index in [2.05, 4.69) is 15.0 Å². The van der Waals surface area contributed by atoms with Crippen molar-refractivity contribution in [3.63, 3.8) is 0 Å². The van der Waals surface area contributed by atoms with E-state index in [0.29, 0.717) is 35.8 Å². The molecular formula is C28H33N5O4S. The molecule has 0 aliphatic carbocycles. The summed E-state index contributed by atoms with van der Waals surface area (Å²) in [5.74, 6) is 1.07. The number of sulfonamides is 1. The fraction of sp³-hybridized carbons (Fsp3) is 0.286. The molecule has 2 aromatic heterocycles. The molecule has 200 valence electrons. The summed E-state index contributed by atoms with van der Waals surface area (Å²) in [4.78, 5) is 19.7. The minimum Gasteiger partial charge on any atom is -0.492 e. The van der Waals surface area contributed by atoms with Crippen LogP contribution in [0.25, 0.3) is 5.82 Å². The number of likely N-dealkylation sites (N-methyl/N-ethyl adjacent to an activating group) is 1. The lowest BCUT2D eigenvalue weighted by atomic mass is 10.1. The normalized spacial score (nSPS) is 11.6. The largest absolute Gasteiger partial charge is 0.492 e. The van der Waals surface area contributed by atoms with Crippen molar-refractivity contribution in [3.05, 3.63) is 100 Å². The van der Waals surface area contributed by atoms with Gasteiger partial charge < -0.3 is 9.64 Å². The van der Waals surface area contributed by atoms with Crippen LogP contribution in [0.2, 0.25) is 0 Å². The maximum Gasteiger partial charge on any atom is 0.276 e. The smallest absolute Gasteiger partial charge is 0.276 e. The van der Waals surface area contributed by atoms with E-state index in [9.17, 15) is 13.2 Å². The van der Waals surface area contributed by atoms with Crippen molar-refractivity contribution in [1.82, 2.24) is 19.7 Å². The molecule has 1 N–H and O–H groups in total. The third-order valence-electron chi connectivity index (χ3n) is 6.15. The van der Waals surface area contributed by atoms with Crippen LogP contribution in [0, 0.1) is 6.92 Å². The van der Waals surface area contributed by atoms with E-state index in [4.69, 9.17) is 4.74 Å². The van der Waals surface area contributed by atoms with E-state index in [1.165, 1.54) is 27.3 Å². The minimum absolute atomic E-state index is 0.0505. The van der Waals surface area contributed by atoms with Crippen LogP contribution in [0.4, 0.5) is 5.69 Å². The summed E-state index contributed by atoms with van der Waals surface area (Å²) in [5.41, 5.74) is 2.62. The standard InChI is InChI=1S/C28H33N5O4S/c1-5-32(23-11-7-6-8-12-23)38(35,36)25-14-15-27(29-20-25)33-28(34)26(21(2)30-33)19-22-10-9-13-24(18-22)37-17-16-31(3)4/h6-15,18,20,30H,5,16-17,19H2,1-4H3. The van der Waals surface area contributed by atoms with Gasteiger partial charge in [0.15, 0.2) is 5.82 Å². The number of hydrogen-bond donors (Lipinski definition) is 1. The first-order valence-corrected chi connectivity index (χ1v) is 13.9. The summed E-state index contributed by atoms with van der Waals surface area (Å²) >= 11 is 0. The van der Waals surface area contributed by atoms with Crippen molar-refractivity contribution in [3.8, 4) is 11.6 Å². The van der Waals surface area contributed by atoms with Crippen molar-refractivity contribution >= 4 is 15.7 Å². The Hall–Kier alpha value is -3.89. The Kier molecular flexibility index (Phi) is 8.33.